The van der Waals surface area contributed by atoms with E-state index in [4.69, 9.17) is 9.47 Å². The number of aliphatic carboxylic acids is 1. The summed E-state index contributed by atoms with van der Waals surface area (Å²) in [6.45, 7) is 4.55. The molecule has 6 heteroatoms. The van der Waals surface area contributed by atoms with Gasteiger partial charge in [-0.2, -0.15) is 0 Å². The van der Waals surface area contributed by atoms with Gasteiger partial charge >= 0.3 is 5.97 Å². The minimum Gasteiger partial charge on any atom is -0.481 e. The number of hydrogen-bond acceptors (Lipinski definition) is 4. The van der Waals surface area contributed by atoms with Gasteiger partial charge in [0, 0.05) is 18.6 Å². The summed E-state index contributed by atoms with van der Waals surface area (Å²) in [6, 6.07) is 26.0. The van der Waals surface area contributed by atoms with Crippen LogP contribution in [0.25, 0.3) is 10.8 Å². The van der Waals surface area contributed by atoms with Crippen LogP contribution >= 0.6 is 0 Å². The molecule has 2 N–H and O–H groups in total. The summed E-state index contributed by atoms with van der Waals surface area (Å²) >= 11 is 0. The van der Waals surface area contributed by atoms with Crippen molar-refractivity contribution in [1.82, 2.24) is 5.32 Å². The van der Waals surface area contributed by atoms with Crippen LogP contribution in [0.4, 0.5) is 0 Å². The van der Waals surface area contributed by atoms with E-state index >= 15 is 0 Å². The highest BCUT2D eigenvalue weighted by Gasteiger charge is 2.26. The smallest absolute Gasteiger partial charge is 0.303 e. The van der Waals surface area contributed by atoms with Crippen molar-refractivity contribution >= 4 is 22.6 Å². The molecular weight excluding hydrogens is 490 g/mol. The van der Waals surface area contributed by atoms with E-state index < -0.39 is 12.2 Å². The Hall–Kier alpha value is -4.16. The molecule has 1 aliphatic heterocycles. The van der Waals surface area contributed by atoms with Crippen LogP contribution in [0.15, 0.2) is 78.9 Å². The molecule has 1 aliphatic rings. The van der Waals surface area contributed by atoms with E-state index in [1.807, 2.05) is 38.1 Å². The molecule has 2 unspecified atom stereocenters. The van der Waals surface area contributed by atoms with E-state index in [1.165, 1.54) is 16.3 Å². The maximum atomic E-state index is 13.5. The predicted octanol–water partition coefficient (Wildman–Crippen LogP) is 6.92. The number of carbonyl (C=O) groups is 2. The highest BCUT2D eigenvalue weighted by Crippen LogP contribution is 2.32. The highest BCUT2D eigenvalue weighted by molar-refractivity contribution is 5.96. The molecule has 39 heavy (non-hydrogen) atoms. The molecule has 0 radical (unpaired) electrons. The van der Waals surface area contributed by atoms with Gasteiger partial charge in [0.1, 0.15) is 17.7 Å². The van der Waals surface area contributed by atoms with Crippen LogP contribution in [0.2, 0.25) is 0 Å². The number of benzene rings is 4. The monoisotopic (exact) mass is 523 g/mol. The topological polar surface area (TPSA) is 84.9 Å². The van der Waals surface area contributed by atoms with E-state index in [2.05, 4.69) is 41.7 Å². The van der Waals surface area contributed by atoms with Gasteiger partial charge in [0.2, 0.25) is 0 Å². The summed E-state index contributed by atoms with van der Waals surface area (Å²) in [6.07, 6.45) is 1.27. The summed E-state index contributed by atoms with van der Waals surface area (Å²) in [5, 5.41) is 14.7. The molecule has 1 amide bonds. The lowest BCUT2D eigenvalue weighted by Gasteiger charge is -2.30. The Morgan fingerprint density at radius 1 is 0.923 bits per heavy atom. The molecule has 1 heterocycles. The Bertz CT molecular complexity index is 1490. The van der Waals surface area contributed by atoms with Crippen LogP contribution in [0, 0.1) is 13.8 Å². The van der Waals surface area contributed by atoms with Crippen molar-refractivity contribution in [2.24, 2.45) is 0 Å². The van der Waals surface area contributed by atoms with Crippen LogP contribution in [0.3, 0.4) is 0 Å². The van der Waals surface area contributed by atoms with Crippen molar-refractivity contribution in [2.75, 3.05) is 6.61 Å². The second kappa shape index (κ2) is 11.7. The Morgan fingerprint density at radius 3 is 2.46 bits per heavy atom. The van der Waals surface area contributed by atoms with Crippen LogP contribution in [-0.2, 0) is 16.0 Å². The number of nitrogens with one attached hydrogen (secondary N) is 1. The third kappa shape index (κ3) is 6.65. The van der Waals surface area contributed by atoms with E-state index in [9.17, 15) is 14.7 Å². The number of aryl methyl sites for hydroxylation is 3. The fourth-order valence-corrected chi connectivity index (χ4v) is 5.30. The predicted molar refractivity (Wildman–Crippen MR) is 152 cm³/mol. The van der Waals surface area contributed by atoms with Crippen LogP contribution in [0.5, 0.6) is 11.5 Å². The molecule has 6 nitrogen and oxygen atoms in total. The first kappa shape index (κ1) is 26.4. The fraction of sp³-hybridized carbons (Fsp3) is 0.273. The minimum absolute atomic E-state index is 0.0679. The molecule has 0 aromatic heterocycles. The van der Waals surface area contributed by atoms with E-state index in [-0.39, 0.29) is 24.7 Å². The normalized spacial score (nSPS) is 17.1. The van der Waals surface area contributed by atoms with Crippen LogP contribution in [0.1, 0.15) is 57.8 Å². The molecule has 200 valence electrons. The zero-order valence-electron chi connectivity index (χ0n) is 22.3. The average molecular weight is 524 g/mol. The van der Waals surface area contributed by atoms with Gasteiger partial charge in [-0.3, -0.25) is 9.59 Å². The van der Waals surface area contributed by atoms with Gasteiger partial charge in [-0.15, -0.1) is 0 Å². The van der Waals surface area contributed by atoms with Gasteiger partial charge in [0.15, 0.2) is 0 Å². The second-order valence-electron chi connectivity index (χ2n) is 10.3. The zero-order valence-corrected chi connectivity index (χ0v) is 22.3. The number of ether oxygens (including phenoxy) is 2. The number of hydrogen-bond donors (Lipinski definition) is 2. The Labute approximate surface area is 228 Å². The maximum Gasteiger partial charge on any atom is 0.303 e. The first-order valence-electron chi connectivity index (χ1n) is 13.4. The molecule has 1 saturated heterocycles. The zero-order chi connectivity index (χ0) is 27.4. The fourth-order valence-electron chi connectivity index (χ4n) is 5.30. The molecule has 4 aromatic carbocycles. The third-order valence-electron chi connectivity index (χ3n) is 7.19. The molecule has 1 fully saturated rings. The lowest BCUT2D eigenvalue weighted by molar-refractivity contribution is -0.136. The molecule has 2 atom stereocenters. The highest BCUT2D eigenvalue weighted by atomic mass is 16.5. The van der Waals surface area contributed by atoms with E-state index in [0.717, 1.165) is 17.5 Å². The number of amides is 1. The average Bonchev–Trinajstić information content (AvgIpc) is 2.91. The Balaban J connectivity index is 1.34. The second-order valence-corrected chi connectivity index (χ2v) is 10.3. The summed E-state index contributed by atoms with van der Waals surface area (Å²) in [5.74, 6) is 0.254. The lowest BCUT2D eigenvalue weighted by Crippen LogP contribution is -2.41. The molecule has 0 saturated carbocycles. The summed E-state index contributed by atoms with van der Waals surface area (Å²) in [4.78, 5) is 24.8. The number of rotatable bonds is 8. The largest absolute Gasteiger partial charge is 0.481 e. The van der Waals surface area contributed by atoms with Gasteiger partial charge < -0.3 is 19.9 Å². The quantitative estimate of drug-likeness (QED) is 0.262. The third-order valence-corrected chi connectivity index (χ3v) is 7.19. The van der Waals surface area contributed by atoms with Gasteiger partial charge in [-0.05, 0) is 96.3 Å². The number of carboxylic acids is 1. The molecule has 5 rings (SSSR count). The van der Waals surface area contributed by atoms with Crippen LogP contribution in [-0.4, -0.2) is 29.8 Å². The Morgan fingerprint density at radius 2 is 1.69 bits per heavy atom. The summed E-state index contributed by atoms with van der Waals surface area (Å²) in [5.41, 5.74) is 4.45. The molecule has 0 spiro atoms. The van der Waals surface area contributed by atoms with Crippen molar-refractivity contribution < 1.29 is 24.2 Å². The van der Waals surface area contributed by atoms with Gasteiger partial charge in [-0.1, -0.05) is 54.6 Å². The van der Waals surface area contributed by atoms with Crippen molar-refractivity contribution in [3.05, 3.63) is 107 Å². The van der Waals surface area contributed by atoms with Gasteiger partial charge in [0.05, 0.1) is 0 Å². The van der Waals surface area contributed by atoms with Crippen molar-refractivity contribution in [3.63, 3.8) is 0 Å². The van der Waals surface area contributed by atoms with Crippen molar-refractivity contribution in [1.29, 1.82) is 0 Å². The first-order valence-corrected chi connectivity index (χ1v) is 13.4. The van der Waals surface area contributed by atoms with Crippen LogP contribution < -0.4 is 10.1 Å². The van der Waals surface area contributed by atoms with Gasteiger partial charge in [0.25, 0.3) is 5.91 Å². The molecule has 4 aromatic rings. The Kier molecular flexibility index (Phi) is 7.94. The summed E-state index contributed by atoms with van der Waals surface area (Å²) in [7, 11) is 0. The van der Waals surface area contributed by atoms with Crippen molar-refractivity contribution in [2.45, 2.75) is 51.7 Å². The summed E-state index contributed by atoms with van der Waals surface area (Å²) < 4.78 is 12.0. The number of fused-ring (bicyclic) bond motifs is 1. The van der Waals surface area contributed by atoms with Crippen molar-refractivity contribution in [3.8, 4) is 11.5 Å². The van der Waals surface area contributed by atoms with E-state index in [0.29, 0.717) is 35.7 Å². The number of carboxylic acid groups (broad SMARTS) is 1. The SMILES string of the molecule is Cc1cc(C)cc(Oc2ccc(CCC(=O)O)c(C(=O)NC3CC(c4ccc5ccccc5c4)CCO3)c2)c1. The molecule has 0 aliphatic carbocycles. The number of carbonyl (C=O) groups excluding carboxylic acids is 1. The standard InChI is InChI=1S/C33H33NO5/c1-21-15-22(2)17-29(16-21)39-28-11-9-24(10-12-32(35)36)30(20-28)33(37)34-31-19-27(13-14-38-31)26-8-7-23-5-3-4-6-25(23)18-26/h3-9,11,15-18,20,27,31H,10,12-14,19H2,1-2H3,(H,34,37)(H,35,36). The molecular formula is C33H33NO5. The maximum absolute atomic E-state index is 13.5. The van der Waals surface area contributed by atoms with Gasteiger partial charge in [-0.25, -0.2) is 0 Å². The molecule has 0 bridgehead atoms. The lowest BCUT2D eigenvalue weighted by atomic mass is 9.89. The minimum atomic E-state index is -0.911. The van der Waals surface area contributed by atoms with E-state index in [1.54, 1.807) is 18.2 Å². The first-order chi connectivity index (χ1) is 18.8.